The third-order valence-electron chi connectivity index (χ3n) is 2.98. The van der Waals surface area contributed by atoms with Crippen molar-refractivity contribution in [3.63, 3.8) is 0 Å². The first-order valence-corrected chi connectivity index (χ1v) is 6.98. The lowest BCUT2D eigenvalue weighted by Gasteiger charge is -2.17. The van der Waals surface area contributed by atoms with Gasteiger partial charge in [-0.05, 0) is 0 Å². The fourth-order valence-electron chi connectivity index (χ4n) is 2.12. The molecule has 0 radical (unpaired) electrons. The molecular formula is C18H18N2O2. The Morgan fingerprint density at radius 3 is 1.23 bits per heavy atom. The summed E-state index contributed by atoms with van der Waals surface area (Å²) >= 11 is 0. The zero-order valence-electron chi connectivity index (χ0n) is 12.6. The summed E-state index contributed by atoms with van der Waals surface area (Å²) < 4.78 is 0. The maximum Gasteiger partial charge on any atom is 0.221 e. The summed E-state index contributed by atoms with van der Waals surface area (Å²) in [7, 11) is 0. The molecule has 0 heterocycles. The first-order valence-electron chi connectivity index (χ1n) is 6.98. The second-order valence-corrected chi connectivity index (χ2v) is 4.84. The Morgan fingerprint density at radius 2 is 0.955 bits per heavy atom. The van der Waals surface area contributed by atoms with Crippen molar-refractivity contribution in [1.29, 1.82) is 0 Å². The molecule has 2 rings (SSSR count). The third kappa shape index (κ3) is 4.06. The smallest absolute Gasteiger partial charge is 0.221 e. The number of benzene rings is 2. The second kappa shape index (κ2) is 7.22. The maximum absolute atomic E-state index is 11.6. The average Bonchev–Trinajstić information content (AvgIpc) is 2.52. The van der Waals surface area contributed by atoms with Gasteiger partial charge in [0.15, 0.2) is 0 Å². The molecule has 4 nitrogen and oxygen atoms in total. The average molecular weight is 294 g/mol. The van der Waals surface area contributed by atoms with E-state index >= 15 is 0 Å². The van der Waals surface area contributed by atoms with Gasteiger partial charge in [0.2, 0.25) is 11.8 Å². The van der Waals surface area contributed by atoms with Crippen LogP contribution in [0.15, 0.2) is 60.7 Å². The topological polar surface area (TPSA) is 58.2 Å². The molecule has 2 aromatic carbocycles. The van der Waals surface area contributed by atoms with Crippen molar-refractivity contribution in [2.75, 3.05) is 0 Å². The largest absolute Gasteiger partial charge is 0.324 e. The predicted octanol–water partition coefficient (Wildman–Crippen LogP) is 2.78. The molecule has 2 amide bonds. The van der Waals surface area contributed by atoms with Crippen LogP contribution >= 0.6 is 0 Å². The Bertz CT molecular complexity index is 630. The van der Waals surface area contributed by atoms with Gasteiger partial charge in [-0.15, -0.1) is 0 Å². The summed E-state index contributed by atoms with van der Waals surface area (Å²) in [5.41, 5.74) is 2.81. The molecule has 0 unspecified atom stereocenters. The molecule has 0 aliphatic rings. The fourth-order valence-corrected chi connectivity index (χ4v) is 2.12. The van der Waals surface area contributed by atoms with Gasteiger partial charge < -0.3 is 10.6 Å². The number of carbonyl (C=O) groups excluding carboxylic acids is 2. The Kier molecular flexibility index (Phi) is 5.09. The molecular weight excluding hydrogens is 276 g/mol. The summed E-state index contributed by atoms with van der Waals surface area (Å²) in [6, 6.07) is 18.9. The van der Waals surface area contributed by atoms with E-state index in [4.69, 9.17) is 0 Å². The molecule has 4 heteroatoms. The highest BCUT2D eigenvalue weighted by Crippen LogP contribution is 2.22. The standard InChI is InChI=1S/C18H18N2O2/c1-13(21)19-17(15-9-5-3-6-10-15)18(20-14(2)22)16-11-7-4-8-12-16/h3-12H,1-2H3,(H,19,21)(H,20,22). The SMILES string of the molecule is CC(=O)NC(=C(NC(C)=O)c1ccccc1)c1ccccc1. The van der Waals surface area contributed by atoms with Crippen molar-refractivity contribution in [2.45, 2.75) is 13.8 Å². The lowest BCUT2D eigenvalue weighted by Crippen LogP contribution is -2.26. The molecule has 0 spiro atoms. The zero-order chi connectivity index (χ0) is 15.9. The highest BCUT2D eigenvalue weighted by atomic mass is 16.2. The minimum Gasteiger partial charge on any atom is -0.324 e. The van der Waals surface area contributed by atoms with Crippen molar-refractivity contribution in [2.24, 2.45) is 0 Å². The van der Waals surface area contributed by atoms with Crippen LogP contribution in [-0.4, -0.2) is 11.8 Å². The molecule has 2 aromatic rings. The first-order chi connectivity index (χ1) is 10.6. The first kappa shape index (κ1) is 15.5. The number of nitrogens with one attached hydrogen (secondary N) is 2. The maximum atomic E-state index is 11.6. The summed E-state index contributed by atoms with van der Waals surface area (Å²) in [6.45, 7) is 2.89. The number of rotatable bonds is 4. The summed E-state index contributed by atoms with van der Waals surface area (Å²) in [5.74, 6) is -0.393. The molecule has 22 heavy (non-hydrogen) atoms. The third-order valence-corrected chi connectivity index (χ3v) is 2.98. The van der Waals surface area contributed by atoms with Crippen LogP contribution in [0, 0.1) is 0 Å². The van der Waals surface area contributed by atoms with E-state index in [0.717, 1.165) is 11.1 Å². The summed E-state index contributed by atoms with van der Waals surface area (Å²) in [5, 5.41) is 5.65. The molecule has 0 bridgehead atoms. The minimum atomic E-state index is -0.197. The Balaban J connectivity index is 2.64. The quantitative estimate of drug-likeness (QED) is 0.852. The Hall–Kier alpha value is -2.88. The van der Waals surface area contributed by atoms with Crippen LogP contribution in [0.25, 0.3) is 11.4 Å². The number of hydrogen-bond acceptors (Lipinski definition) is 2. The zero-order valence-corrected chi connectivity index (χ0v) is 12.6. The summed E-state index contributed by atoms with van der Waals surface area (Å²) in [4.78, 5) is 23.2. The minimum absolute atomic E-state index is 0.197. The van der Waals surface area contributed by atoms with Gasteiger partial charge >= 0.3 is 0 Å². The van der Waals surface area contributed by atoms with Crippen LogP contribution in [0.2, 0.25) is 0 Å². The van der Waals surface area contributed by atoms with Gasteiger partial charge in [0.25, 0.3) is 0 Å². The van der Waals surface area contributed by atoms with Gasteiger partial charge in [-0.2, -0.15) is 0 Å². The number of carbonyl (C=O) groups is 2. The van der Waals surface area contributed by atoms with Crippen LogP contribution in [0.5, 0.6) is 0 Å². The van der Waals surface area contributed by atoms with Crippen LogP contribution in [0.4, 0.5) is 0 Å². The Labute approximate surface area is 129 Å². The fraction of sp³-hybridized carbons (Fsp3) is 0.111. The molecule has 2 N–H and O–H groups in total. The predicted molar refractivity (Wildman–Crippen MR) is 87.3 cm³/mol. The van der Waals surface area contributed by atoms with E-state index < -0.39 is 0 Å². The van der Waals surface area contributed by atoms with E-state index in [2.05, 4.69) is 10.6 Å². The number of hydrogen-bond donors (Lipinski definition) is 2. The van der Waals surface area contributed by atoms with Crippen molar-refractivity contribution in [1.82, 2.24) is 10.6 Å². The van der Waals surface area contributed by atoms with E-state index in [0.29, 0.717) is 11.4 Å². The molecule has 0 atom stereocenters. The molecule has 0 saturated carbocycles. The molecule has 0 fully saturated rings. The van der Waals surface area contributed by atoms with Gasteiger partial charge in [0, 0.05) is 25.0 Å². The van der Waals surface area contributed by atoms with E-state index in [9.17, 15) is 9.59 Å². The highest BCUT2D eigenvalue weighted by Gasteiger charge is 2.14. The highest BCUT2D eigenvalue weighted by molar-refractivity contribution is 6.00. The summed E-state index contributed by atoms with van der Waals surface area (Å²) in [6.07, 6.45) is 0. The molecule has 112 valence electrons. The van der Waals surface area contributed by atoms with Gasteiger partial charge in [0.05, 0.1) is 11.4 Å². The van der Waals surface area contributed by atoms with Crippen LogP contribution in [0.3, 0.4) is 0 Å². The Morgan fingerprint density at radius 1 is 0.636 bits per heavy atom. The normalized spacial score (nSPS) is 11.4. The molecule has 0 saturated heterocycles. The van der Waals surface area contributed by atoms with E-state index in [-0.39, 0.29) is 11.8 Å². The van der Waals surface area contributed by atoms with Crippen LogP contribution in [-0.2, 0) is 9.59 Å². The van der Waals surface area contributed by atoms with Crippen molar-refractivity contribution < 1.29 is 9.59 Å². The van der Waals surface area contributed by atoms with E-state index in [1.54, 1.807) is 0 Å². The monoisotopic (exact) mass is 294 g/mol. The van der Waals surface area contributed by atoms with Crippen molar-refractivity contribution in [3.05, 3.63) is 71.8 Å². The van der Waals surface area contributed by atoms with Gasteiger partial charge in [-0.1, -0.05) is 60.7 Å². The molecule has 0 aliphatic heterocycles. The van der Waals surface area contributed by atoms with Crippen LogP contribution in [0.1, 0.15) is 25.0 Å². The number of amides is 2. The van der Waals surface area contributed by atoms with Crippen LogP contribution < -0.4 is 10.6 Å². The second-order valence-electron chi connectivity index (χ2n) is 4.84. The van der Waals surface area contributed by atoms with Gasteiger partial charge in [0.1, 0.15) is 0 Å². The van der Waals surface area contributed by atoms with Gasteiger partial charge in [-0.3, -0.25) is 9.59 Å². The van der Waals surface area contributed by atoms with Crippen molar-refractivity contribution >= 4 is 23.2 Å². The van der Waals surface area contributed by atoms with E-state index in [1.807, 2.05) is 60.7 Å². The van der Waals surface area contributed by atoms with E-state index in [1.165, 1.54) is 13.8 Å². The lowest BCUT2D eigenvalue weighted by atomic mass is 10.0. The van der Waals surface area contributed by atoms with Crippen molar-refractivity contribution in [3.8, 4) is 0 Å². The van der Waals surface area contributed by atoms with Gasteiger partial charge in [-0.25, -0.2) is 0 Å². The molecule has 0 aliphatic carbocycles. The lowest BCUT2D eigenvalue weighted by molar-refractivity contribution is -0.118. The molecule has 0 aromatic heterocycles.